The first kappa shape index (κ1) is 13.4. The van der Waals surface area contributed by atoms with Crippen LogP contribution in [0.3, 0.4) is 0 Å². The van der Waals surface area contributed by atoms with Crippen molar-refractivity contribution in [2.75, 3.05) is 19.8 Å². The van der Waals surface area contributed by atoms with Crippen molar-refractivity contribution in [2.24, 2.45) is 11.7 Å². The van der Waals surface area contributed by atoms with Gasteiger partial charge in [0.2, 0.25) is 0 Å². The number of hydrogen-bond donors (Lipinski definition) is 2. The normalized spacial score (nSPS) is 19.8. The highest BCUT2D eigenvalue weighted by atomic mass is 16.5. The van der Waals surface area contributed by atoms with E-state index in [4.69, 9.17) is 20.3 Å². The molecule has 16 heavy (non-hydrogen) atoms. The van der Waals surface area contributed by atoms with Crippen LogP contribution in [-0.2, 0) is 14.3 Å². The van der Waals surface area contributed by atoms with Crippen molar-refractivity contribution >= 4 is 5.97 Å². The molecule has 0 bridgehead atoms. The lowest BCUT2D eigenvalue weighted by Crippen LogP contribution is -2.54. The highest BCUT2D eigenvalue weighted by molar-refractivity contribution is 5.79. The number of carboxylic acid groups (broad SMARTS) is 1. The summed E-state index contributed by atoms with van der Waals surface area (Å²) in [6, 6.07) is 0. The van der Waals surface area contributed by atoms with Gasteiger partial charge in [-0.15, -0.1) is 0 Å². The number of nitrogens with two attached hydrogens (primary N) is 1. The summed E-state index contributed by atoms with van der Waals surface area (Å²) in [6.07, 6.45) is 1.93. The van der Waals surface area contributed by atoms with Crippen molar-refractivity contribution in [2.45, 2.75) is 38.3 Å². The van der Waals surface area contributed by atoms with Crippen molar-refractivity contribution in [3.63, 3.8) is 0 Å². The molecule has 0 aromatic heterocycles. The third-order valence-corrected chi connectivity index (χ3v) is 2.72. The average Bonchev–Trinajstić information content (AvgIpc) is 2.99. The smallest absolute Gasteiger partial charge is 0.326 e. The van der Waals surface area contributed by atoms with E-state index in [0.717, 1.165) is 12.8 Å². The first-order valence-corrected chi connectivity index (χ1v) is 5.68. The van der Waals surface area contributed by atoms with Crippen molar-refractivity contribution < 1.29 is 19.4 Å². The predicted molar refractivity (Wildman–Crippen MR) is 59.2 cm³/mol. The van der Waals surface area contributed by atoms with E-state index in [0.29, 0.717) is 13.2 Å². The molecule has 0 radical (unpaired) electrons. The predicted octanol–water partition coefficient (Wildman–Crippen LogP) is 0.620. The molecule has 3 N–H and O–H groups in total. The van der Waals surface area contributed by atoms with Gasteiger partial charge >= 0.3 is 5.97 Å². The van der Waals surface area contributed by atoms with Crippen LogP contribution in [0.2, 0.25) is 0 Å². The zero-order valence-electron chi connectivity index (χ0n) is 9.94. The highest BCUT2D eigenvalue weighted by Crippen LogP contribution is 2.38. The van der Waals surface area contributed by atoms with Gasteiger partial charge in [-0.25, -0.2) is 0 Å². The van der Waals surface area contributed by atoms with Gasteiger partial charge in [-0.3, -0.25) is 4.79 Å². The van der Waals surface area contributed by atoms with Gasteiger partial charge in [-0.1, -0.05) is 0 Å². The Bertz CT molecular complexity index is 240. The van der Waals surface area contributed by atoms with Crippen molar-refractivity contribution in [1.29, 1.82) is 0 Å². The van der Waals surface area contributed by atoms with Gasteiger partial charge < -0.3 is 20.3 Å². The summed E-state index contributed by atoms with van der Waals surface area (Å²) >= 11 is 0. The Hall–Kier alpha value is -0.650. The van der Waals surface area contributed by atoms with E-state index in [1.54, 1.807) is 0 Å². The molecule has 1 rings (SSSR count). The van der Waals surface area contributed by atoms with Crippen LogP contribution >= 0.6 is 0 Å². The molecular formula is C11H21NO4. The molecule has 1 fully saturated rings. The Kier molecular flexibility index (Phi) is 4.70. The van der Waals surface area contributed by atoms with Crippen molar-refractivity contribution in [1.82, 2.24) is 0 Å². The Balaban J connectivity index is 2.21. The van der Waals surface area contributed by atoms with Crippen LogP contribution in [0.1, 0.15) is 26.7 Å². The summed E-state index contributed by atoms with van der Waals surface area (Å²) in [4.78, 5) is 11.0. The quantitative estimate of drug-likeness (QED) is 0.598. The lowest BCUT2D eigenvalue weighted by molar-refractivity contribution is -0.147. The minimum atomic E-state index is -1.21. The minimum absolute atomic E-state index is 0.0639. The fraction of sp³-hybridized carbons (Fsp3) is 0.909. The van der Waals surface area contributed by atoms with Crippen LogP contribution in [0, 0.1) is 5.92 Å². The second-order valence-corrected chi connectivity index (χ2v) is 4.59. The van der Waals surface area contributed by atoms with Crippen LogP contribution in [0.4, 0.5) is 0 Å². The number of aliphatic carboxylic acids is 1. The standard InChI is InChI=1S/C11H21NO4/c1-8(2)16-6-5-15-7-11(12,10(13)14)9-3-4-9/h8-9H,3-7,12H2,1-2H3,(H,13,14). The van der Waals surface area contributed by atoms with Crippen molar-refractivity contribution in [3.05, 3.63) is 0 Å². The van der Waals surface area contributed by atoms with Gasteiger partial charge in [0, 0.05) is 0 Å². The second kappa shape index (κ2) is 5.61. The first-order valence-electron chi connectivity index (χ1n) is 5.68. The van der Waals surface area contributed by atoms with Crippen LogP contribution in [0.25, 0.3) is 0 Å². The SMILES string of the molecule is CC(C)OCCOCC(N)(C(=O)O)C1CC1. The van der Waals surface area contributed by atoms with Gasteiger partial charge in [-0.05, 0) is 32.6 Å². The monoisotopic (exact) mass is 231 g/mol. The van der Waals surface area contributed by atoms with Crippen molar-refractivity contribution in [3.8, 4) is 0 Å². The third-order valence-electron chi connectivity index (χ3n) is 2.72. The molecule has 1 saturated carbocycles. The summed E-state index contributed by atoms with van der Waals surface area (Å²) in [5.74, 6) is -0.907. The highest BCUT2D eigenvalue weighted by Gasteiger charge is 2.48. The molecule has 0 aromatic rings. The van der Waals surface area contributed by atoms with Gasteiger partial charge in [0.25, 0.3) is 0 Å². The van der Waals surface area contributed by atoms with E-state index in [2.05, 4.69) is 0 Å². The van der Waals surface area contributed by atoms with Crippen LogP contribution in [0.15, 0.2) is 0 Å². The molecule has 0 heterocycles. The molecule has 0 amide bonds. The molecular weight excluding hydrogens is 210 g/mol. The molecule has 0 spiro atoms. The molecule has 0 aromatic carbocycles. The molecule has 1 aliphatic carbocycles. The lowest BCUT2D eigenvalue weighted by Gasteiger charge is -2.24. The Morgan fingerprint density at radius 2 is 2.12 bits per heavy atom. The Morgan fingerprint density at radius 1 is 1.50 bits per heavy atom. The largest absolute Gasteiger partial charge is 0.480 e. The second-order valence-electron chi connectivity index (χ2n) is 4.59. The molecule has 1 aliphatic rings. The lowest BCUT2D eigenvalue weighted by atomic mass is 9.96. The maximum Gasteiger partial charge on any atom is 0.326 e. The van der Waals surface area contributed by atoms with Gasteiger partial charge in [0.05, 0.1) is 25.9 Å². The van der Waals surface area contributed by atoms with E-state index >= 15 is 0 Å². The van der Waals surface area contributed by atoms with E-state index in [-0.39, 0.29) is 18.6 Å². The fourth-order valence-electron chi connectivity index (χ4n) is 1.54. The average molecular weight is 231 g/mol. The van der Waals surface area contributed by atoms with Gasteiger partial charge in [0.1, 0.15) is 5.54 Å². The Morgan fingerprint density at radius 3 is 2.56 bits per heavy atom. The maximum absolute atomic E-state index is 11.0. The maximum atomic E-state index is 11.0. The minimum Gasteiger partial charge on any atom is -0.480 e. The summed E-state index contributed by atoms with van der Waals surface area (Å²) < 4.78 is 10.6. The van der Waals surface area contributed by atoms with Crippen LogP contribution < -0.4 is 5.73 Å². The number of ether oxygens (including phenoxy) is 2. The zero-order chi connectivity index (χ0) is 12.2. The molecule has 94 valence electrons. The summed E-state index contributed by atoms with van der Waals surface area (Å²) in [6.45, 7) is 4.80. The fourth-order valence-corrected chi connectivity index (χ4v) is 1.54. The van der Waals surface area contributed by atoms with Crippen LogP contribution in [0.5, 0.6) is 0 Å². The molecule has 5 heteroatoms. The molecule has 1 atom stereocenters. The van der Waals surface area contributed by atoms with E-state index in [1.807, 2.05) is 13.8 Å². The van der Waals surface area contributed by atoms with E-state index < -0.39 is 11.5 Å². The zero-order valence-corrected chi connectivity index (χ0v) is 9.94. The first-order chi connectivity index (χ1) is 7.47. The Labute approximate surface area is 95.9 Å². The topological polar surface area (TPSA) is 81.8 Å². The number of carbonyl (C=O) groups is 1. The summed E-state index contributed by atoms with van der Waals surface area (Å²) in [7, 11) is 0. The van der Waals surface area contributed by atoms with Gasteiger partial charge in [0.15, 0.2) is 0 Å². The van der Waals surface area contributed by atoms with Gasteiger partial charge in [-0.2, -0.15) is 0 Å². The molecule has 5 nitrogen and oxygen atoms in total. The molecule has 0 aliphatic heterocycles. The third kappa shape index (κ3) is 3.73. The number of carboxylic acids is 1. The number of rotatable bonds is 8. The summed E-state index contributed by atoms with van der Waals surface area (Å²) in [5.41, 5.74) is 4.61. The van der Waals surface area contributed by atoms with Crippen LogP contribution in [-0.4, -0.2) is 42.5 Å². The summed E-state index contributed by atoms with van der Waals surface area (Å²) in [5, 5.41) is 9.05. The molecule has 0 saturated heterocycles. The van der Waals surface area contributed by atoms with E-state index in [1.165, 1.54) is 0 Å². The molecule has 1 unspecified atom stereocenters. The van der Waals surface area contributed by atoms with E-state index in [9.17, 15) is 4.79 Å². The number of hydrogen-bond acceptors (Lipinski definition) is 4.